The molecule has 10 N–H and O–H groups in total. The summed E-state index contributed by atoms with van der Waals surface area (Å²) >= 11 is 0. The standard InChI is InChI=1S/C10H16N5O13P3.H2O/c11-8-5-9(13-2-12-8)15(3-14-5)10-7(17)6(16)4(26-10)1-25-30(21,22)28-31(23,24)27-29(18,19)20;/h2-4,6-7,10,16-17H,1H2,(H,21,22)(H,23,24)(H2,11,12,13)(H2,18,19,20);1H2/t4-,6-,7-,10-;/m1./s1. The molecule has 22 heteroatoms. The normalized spacial score (nSPS) is 27.6. The van der Waals surface area contributed by atoms with Crippen LogP contribution in [0, 0.1) is 0 Å². The van der Waals surface area contributed by atoms with Gasteiger partial charge in [0.05, 0.1) is 12.9 Å². The Kier molecular flexibility index (Phi) is 7.93. The van der Waals surface area contributed by atoms with E-state index >= 15 is 0 Å². The van der Waals surface area contributed by atoms with E-state index in [2.05, 4.69) is 28.1 Å². The van der Waals surface area contributed by atoms with Crippen LogP contribution < -0.4 is 5.73 Å². The molecule has 0 saturated carbocycles. The van der Waals surface area contributed by atoms with Crippen molar-refractivity contribution in [2.45, 2.75) is 24.5 Å². The van der Waals surface area contributed by atoms with Gasteiger partial charge in [-0.05, 0) is 0 Å². The molecule has 1 saturated heterocycles. The third-order valence-corrected chi connectivity index (χ3v) is 7.62. The lowest BCUT2D eigenvalue weighted by molar-refractivity contribution is -0.0503. The number of phosphoric ester groups is 1. The van der Waals surface area contributed by atoms with Gasteiger partial charge in [0, 0.05) is 0 Å². The first kappa shape index (κ1) is 26.8. The maximum Gasteiger partial charge on any atom is 0.490 e. The van der Waals surface area contributed by atoms with Gasteiger partial charge in [0.15, 0.2) is 17.7 Å². The lowest BCUT2D eigenvalue weighted by Crippen LogP contribution is -2.33. The molecule has 2 unspecified atom stereocenters. The molecule has 6 atom stereocenters. The molecule has 2 aromatic heterocycles. The number of aromatic nitrogens is 4. The average Bonchev–Trinajstić information content (AvgIpc) is 3.13. The molecule has 0 bridgehead atoms. The van der Waals surface area contributed by atoms with Gasteiger partial charge in [-0.25, -0.2) is 28.6 Å². The summed E-state index contributed by atoms with van der Waals surface area (Å²) in [5.74, 6) is 0.0426. The quantitative estimate of drug-likeness (QED) is 0.176. The summed E-state index contributed by atoms with van der Waals surface area (Å²) in [6, 6.07) is 0. The third kappa shape index (κ3) is 6.13. The third-order valence-electron chi connectivity index (χ3n) is 3.82. The zero-order valence-electron chi connectivity index (χ0n) is 15.4. The van der Waals surface area contributed by atoms with Crippen LogP contribution in [0.1, 0.15) is 6.23 Å². The zero-order valence-corrected chi connectivity index (χ0v) is 18.1. The molecule has 32 heavy (non-hydrogen) atoms. The van der Waals surface area contributed by atoms with Crippen molar-refractivity contribution in [2.75, 3.05) is 12.3 Å². The molecule has 0 aliphatic carbocycles. The lowest BCUT2D eigenvalue weighted by atomic mass is 10.1. The molecule has 182 valence electrons. The Balaban J connectivity index is 0.00000363. The maximum absolute atomic E-state index is 11.8. The highest BCUT2D eigenvalue weighted by molar-refractivity contribution is 7.66. The van der Waals surface area contributed by atoms with E-state index in [9.17, 15) is 28.8 Å². The van der Waals surface area contributed by atoms with Crippen LogP contribution in [0.25, 0.3) is 11.2 Å². The van der Waals surface area contributed by atoms with Crippen LogP contribution in [-0.4, -0.2) is 79.7 Å². The van der Waals surface area contributed by atoms with E-state index in [4.69, 9.17) is 25.2 Å². The van der Waals surface area contributed by atoms with Crippen molar-refractivity contribution in [3.05, 3.63) is 12.7 Å². The van der Waals surface area contributed by atoms with Gasteiger partial charge in [0.2, 0.25) is 0 Å². The van der Waals surface area contributed by atoms with Gasteiger partial charge in [0.1, 0.15) is 30.2 Å². The number of ether oxygens (including phenoxy) is 1. The predicted octanol–water partition coefficient (Wildman–Crippen LogP) is -2.45. The molecule has 0 amide bonds. The zero-order chi connectivity index (χ0) is 23.2. The number of imidazole rings is 1. The fraction of sp³-hybridized carbons (Fsp3) is 0.500. The monoisotopic (exact) mass is 525 g/mol. The van der Waals surface area contributed by atoms with Crippen LogP contribution in [0.2, 0.25) is 0 Å². The molecular weight excluding hydrogens is 507 g/mol. The summed E-state index contributed by atoms with van der Waals surface area (Å²) in [4.78, 5) is 47.2. The lowest BCUT2D eigenvalue weighted by Gasteiger charge is -2.19. The Morgan fingerprint density at radius 2 is 1.69 bits per heavy atom. The number of rotatable bonds is 8. The second-order valence-corrected chi connectivity index (χ2v) is 10.4. The highest BCUT2D eigenvalue weighted by Gasteiger charge is 2.47. The fourth-order valence-electron chi connectivity index (χ4n) is 2.62. The number of aliphatic hydroxyl groups excluding tert-OH is 2. The highest BCUT2D eigenvalue weighted by Crippen LogP contribution is 2.66. The van der Waals surface area contributed by atoms with Crippen molar-refractivity contribution in [3.8, 4) is 0 Å². The van der Waals surface area contributed by atoms with Gasteiger partial charge in [-0.2, -0.15) is 8.62 Å². The molecule has 3 rings (SSSR count). The van der Waals surface area contributed by atoms with Crippen LogP contribution in [0.15, 0.2) is 12.7 Å². The van der Waals surface area contributed by atoms with Crippen molar-refractivity contribution < 1.29 is 66.8 Å². The molecule has 3 heterocycles. The van der Waals surface area contributed by atoms with E-state index in [1.165, 1.54) is 10.9 Å². The first-order valence-electron chi connectivity index (χ1n) is 7.92. The van der Waals surface area contributed by atoms with Crippen molar-refractivity contribution in [2.24, 2.45) is 0 Å². The van der Waals surface area contributed by atoms with Crippen LogP contribution in [0.4, 0.5) is 5.82 Å². The molecule has 1 fully saturated rings. The number of nitrogens with zero attached hydrogens (tertiary/aromatic N) is 4. The Morgan fingerprint density at radius 3 is 2.31 bits per heavy atom. The van der Waals surface area contributed by atoms with Gasteiger partial charge in [0.25, 0.3) is 0 Å². The maximum atomic E-state index is 11.8. The minimum absolute atomic E-state index is 0. The number of hydrogen-bond donors (Lipinski definition) is 7. The molecule has 1 aliphatic heterocycles. The number of phosphoric acid groups is 3. The van der Waals surface area contributed by atoms with E-state index in [1.807, 2.05) is 0 Å². The summed E-state index contributed by atoms with van der Waals surface area (Å²) in [6.07, 6.45) is -3.69. The van der Waals surface area contributed by atoms with Crippen LogP contribution in [0.3, 0.4) is 0 Å². The van der Waals surface area contributed by atoms with Crippen molar-refractivity contribution in [1.82, 2.24) is 19.5 Å². The van der Waals surface area contributed by atoms with E-state index in [-0.39, 0.29) is 22.5 Å². The van der Waals surface area contributed by atoms with E-state index < -0.39 is 54.6 Å². The SMILES string of the molecule is Nc1ncnc2c1ncn2[C@@H]1O[C@H](COP(=O)(O)OP(=O)(O)OP(=O)(O)O)[C@@H](O)[C@H]1O.O. The smallest absolute Gasteiger partial charge is 0.412 e. The number of anilines is 1. The molecule has 0 aromatic carbocycles. The number of nitrogen functional groups attached to an aromatic ring is 1. The Bertz CT molecular complexity index is 1110. The number of nitrogens with two attached hydrogens (primary N) is 1. The minimum Gasteiger partial charge on any atom is -0.412 e. The summed E-state index contributed by atoms with van der Waals surface area (Å²) < 4.78 is 51.9. The molecule has 0 spiro atoms. The van der Waals surface area contributed by atoms with Crippen molar-refractivity contribution >= 4 is 40.4 Å². The first-order valence-corrected chi connectivity index (χ1v) is 12.4. The molecule has 0 radical (unpaired) electrons. The topological polar surface area (TPSA) is 311 Å². The molecule has 19 nitrogen and oxygen atoms in total. The number of hydrogen-bond acceptors (Lipinski definition) is 13. The highest BCUT2D eigenvalue weighted by atomic mass is 31.3. The van der Waals surface area contributed by atoms with Crippen molar-refractivity contribution in [1.29, 1.82) is 0 Å². The van der Waals surface area contributed by atoms with Gasteiger partial charge in [-0.3, -0.25) is 9.09 Å². The van der Waals surface area contributed by atoms with Gasteiger partial charge >= 0.3 is 23.5 Å². The van der Waals surface area contributed by atoms with E-state index in [0.717, 1.165) is 6.33 Å². The molecule has 1 aliphatic rings. The molecule has 2 aromatic rings. The minimum atomic E-state index is -5.70. The van der Waals surface area contributed by atoms with Gasteiger partial charge < -0.3 is 45.7 Å². The van der Waals surface area contributed by atoms with Gasteiger partial charge in [-0.15, -0.1) is 0 Å². The second-order valence-electron chi connectivity index (χ2n) is 6.02. The Morgan fingerprint density at radius 1 is 1.03 bits per heavy atom. The van der Waals surface area contributed by atoms with E-state index in [1.54, 1.807) is 0 Å². The number of fused-ring (bicyclic) bond motifs is 1. The summed E-state index contributed by atoms with van der Waals surface area (Å²) in [5, 5.41) is 20.4. The summed E-state index contributed by atoms with van der Waals surface area (Å²) in [5.41, 5.74) is 6.00. The van der Waals surface area contributed by atoms with Gasteiger partial charge in [-0.1, -0.05) is 0 Å². The van der Waals surface area contributed by atoms with Crippen molar-refractivity contribution in [3.63, 3.8) is 0 Å². The first-order chi connectivity index (χ1) is 14.2. The Hall–Kier alpha value is -1.40. The molecular formula is C10H18N5O14P3. The summed E-state index contributed by atoms with van der Waals surface area (Å²) in [6.45, 7) is -0.956. The fourth-order valence-corrected chi connectivity index (χ4v) is 5.65. The number of aliphatic hydroxyl groups is 2. The average molecular weight is 525 g/mol. The van der Waals surface area contributed by atoms with E-state index in [0.29, 0.717) is 0 Å². The Labute approximate surface area is 177 Å². The summed E-state index contributed by atoms with van der Waals surface area (Å²) in [7, 11) is -16.7. The largest absolute Gasteiger partial charge is 0.490 e. The second kappa shape index (κ2) is 9.46. The van der Waals surface area contributed by atoms with Crippen LogP contribution in [0.5, 0.6) is 0 Å². The van der Waals surface area contributed by atoms with Crippen LogP contribution in [-0.2, 0) is 31.6 Å². The van der Waals surface area contributed by atoms with Crippen LogP contribution >= 0.6 is 23.5 Å². The predicted molar refractivity (Wildman–Crippen MR) is 99.1 cm³/mol.